The lowest BCUT2D eigenvalue weighted by Gasteiger charge is -2.30. The van der Waals surface area contributed by atoms with Crippen molar-refractivity contribution in [2.45, 2.75) is 136 Å². The van der Waals surface area contributed by atoms with Crippen molar-refractivity contribution in [2.75, 3.05) is 55.7 Å². The van der Waals surface area contributed by atoms with Crippen molar-refractivity contribution in [1.82, 2.24) is 14.8 Å². The number of carbonyl (C=O) groups excluding carboxylic acids is 3. The van der Waals surface area contributed by atoms with Gasteiger partial charge in [-0.05, 0) is 129 Å². The quantitative estimate of drug-likeness (QED) is 0.171. The Bertz CT molecular complexity index is 1920. The van der Waals surface area contributed by atoms with E-state index in [9.17, 15) is 14.4 Å². The van der Waals surface area contributed by atoms with Crippen LogP contribution in [0.2, 0.25) is 0 Å². The lowest BCUT2D eigenvalue weighted by molar-refractivity contribution is -0.142. The van der Waals surface area contributed by atoms with E-state index in [1.807, 2.05) is 76.7 Å². The first-order valence-corrected chi connectivity index (χ1v) is 21.8. The van der Waals surface area contributed by atoms with Crippen LogP contribution in [0, 0.1) is 13.8 Å². The normalized spacial score (nSPS) is 21.2. The Hall–Kier alpha value is -4.80. The van der Waals surface area contributed by atoms with Crippen LogP contribution in [0.1, 0.15) is 120 Å². The van der Waals surface area contributed by atoms with Crippen molar-refractivity contribution < 1.29 is 28.6 Å². The predicted molar refractivity (Wildman–Crippen MR) is 233 cm³/mol. The summed E-state index contributed by atoms with van der Waals surface area (Å²) in [6, 6.07) is 18.1. The third kappa shape index (κ3) is 11.1. The van der Waals surface area contributed by atoms with Gasteiger partial charge in [0.05, 0.1) is 13.0 Å². The molecule has 4 atom stereocenters. The van der Waals surface area contributed by atoms with Crippen molar-refractivity contribution in [1.29, 1.82) is 0 Å². The van der Waals surface area contributed by atoms with E-state index < -0.39 is 11.2 Å². The number of hydrogen-bond acceptors (Lipinski definition) is 9. The summed E-state index contributed by atoms with van der Waals surface area (Å²) in [7, 11) is 0. The van der Waals surface area contributed by atoms with Crippen LogP contribution in [-0.4, -0.2) is 102 Å². The molecule has 3 aromatic rings. The van der Waals surface area contributed by atoms with E-state index in [0.29, 0.717) is 44.6 Å². The minimum Gasteiger partial charge on any atom is -0.466 e. The smallest absolute Gasteiger partial charge is 0.410 e. The summed E-state index contributed by atoms with van der Waals surface area (Å²) in [5.74, 6) is 0.388. The van der Waals surface area contributed by atoms with E-state index in [-0.39, 0.29) is 30.1 Å². The van der Waals surface area contributed by atoms with E-state index in [0.717, 1.165) is 51.7 Å². The van der Waals surface area contributed by atoms with Crippen LogP contribution in [0.4, 0.5) is 21.0 Å². The van der Waals surface area contributed by atoms with Gasteiger partial charge in [0.15, 0.2) is 0 Å². The highest BCUT2D eigenvalue weighted by molar-refractivity contribution is 5.72. The van der Waals surface area contributed by atoms with E-state index in [4.69, 9.17) is 14.2 Å². The van der Waals surface area contributed by atoms with Gasteiger partial charge in [0.1, 0.15) is 11.2 Å². The number of nitrogens with zero attached hydrogens (tertiary/aromatic N) is 5. The number of amides is 2. The predicted octanol–water partition coefficient (Wildman–Crippen LogP) is 9.19. The van der Waals surface area contributed by atoms with Gasteiger partial charge in [-0.3, -0.25) is 9.78 Å². The lowest BCUT2D eigenvalue weighted by Crippen LogP contribution is -2.40. The first-order valence-electron chi connectivity index (χ1n) is 21.8. The van der Waals surface area contributed by atoms with Gasteiger partial charge in [0.25, 0.3) is 0 Å². The number of aryl methyl sites for hydroxylation is 2. The topological polar surface area (TPSA) is 105 Å². The second-order valence-corrected chi connectivity index (χ2v) is 18.7. The van der Waals surface area contributed by atoms with Crippen LogP contribution in [0.5, 0.6) is 0 Å². The second-order valence-electron chi connectivity index (χ2n) is 18.7. The lowest BCUT2D eigenvalue weighted by atomic mass is 9.92. The highest BCUT2D eigenvalue weighted by Gasteiger charge is 2.43. The summed E-state index contributed by atoms with van der Waals surface area (Å²) in [6.45, 7) is 22.4. The summed E-state index contributed by atoms with van der Waals surface area (Å²) in [4.78, 5) is 50.5. The number of pyridine rings is 1. The minimum absolute atomic E-state index is 0.159. The van der Waals surface area contributed by atoms with Crippen molar-refractivity contribution in [2.24, 2.45) is 0 Å². The number of likely N-dealkylation sites (tertiary alicyclic amines) is 2. The first kappa shape index (κ1) is 43.8. The minimum atomic E-state index is -0.501. The molecule has 0 spiro atoms. The van der Waals surface area contributed by atoms with Gasteiger partial charge in [-0.1, -0.05) is 41.5 Å². The van der Waals surface area contributed by atoms with Gasteiger partial charge in [-0.15, -0.1) is 0 Å². The third-order valence-electron chi connectivity index (χ3n) is 11.7. The second kappa shape index (κ2) is 18.6. The van der Waals surface area contributed by atoms with Crippen LogP contribution in [0.25, 0.3) is 0 Å². The fourth-order valence-corrected chi connectivity index (χ4v) is 9.26. The molecule has 7 rings (SSSR count). The molecule has 11 heteroatoms. The maximum absolute atomic E-state index is 12.8. The average Bonchev–Trinajstić information content (AvgIpc) is 3.36. The molecule has 2 amide bonds. The molecule has 2 aromatic carbocycles. The molecule has 0 N–H and O–H groups in total. The third-order valence-corrected chi connectivity index (χ3v) is 11.7. The summed E-state index contributed by atoms with van der Waals surface area (Å²) >= 11 is 0. The number of hydrogen-bond donors (Lipinski definition) is 0. The molecule has 2 fully saturated rings. The van der Waals surface area contributed by atoms with Crippen LogP contribution in [0.3, 0.4) is 0 Å². The van der Waals surface area contributed by atoms with Crippen LogP contribution < -0.4 is 9.80 Å². The van der Waals surface area contributed by atoms with Gasteiger partial charge in [-0.2, -0.15) is 0 Å². The van der Waals surface area contributed by atoms with Crippen molar-refractivity contribution in [3.05, 3.63) is 88.7 Å². The van der Waals surface area contributed by atoms with Crippen LogP contribution in [-0.2, 0) is 25.4 Å². The molecule has 0 aliphatic carbocycles. The number of esters is 1. The number of anilines is 2. The highest BCUT2D eigenvalue weighted by atomic mass is 16.6. The fourth-order valence-electron chi connectivity index (χ4n) is 9.26. The van der Waals surface area contributed by atoms with E-state index in [2.05, 4.69) is 71.1 Å². The molecule has 1 aromatic heterocycles. The molecule has 0 bridgehead atoms. The highest BCUT2D eigenvalue weighted by Crippen LogP contribution is 2.46. The zero-order valence-electron chi connectivity index (χ0n) is 37.0. The molecular formula is C48H67N5O6. The number of benzene rings is 2. The molecule has 0 saturated carbocycles. The van der Waals surface area contributed by atoms with E-state index in [1.165, 1.54) is 39.2 Å². The summed E-state index contributed by atoms with van der Waals surface area (Å²) in [5.41, 5.74) is 7.93. The average molecular weight is 810 g/mol. The maximum atomic E-state index is 12.8. The first-order chi connectivity index (χ1) is 28.0. The molecule has 0 unspecified atom stereocenters. The van der Waals surface area contributed by atoms with Gasteiger partial charge in [0, 0.05) is 87.0 Å². The van der Waals surface area contributed by atoms with Crippen molar-refractivity contribution >= 4 is 29.5 Å². The molecule has 320 valence electrons. The maximum Gasteiger partial charge on any atom is 0.410 e. The number of ether oxygens (including phenoxy) is 3. The zero-order chi connectivity index (χ0) is 42.5. The summed E-state index contributed by atoms with van der Waals surface area (Å²) in [6.07, 6.45) is 8.69. The Morgan fingerprint density at radius 1 is 0.729 bits per heavy atom. The van der Waals surface area contributed by atoms with Crippen molar-refractivity contribution in [3.8, 4) is 0 Å². The number of rotatable bonds is 7. The fraction of sp³-hybridized carbons (Fsp3) is 0.583. The zero-order valence-corrected chi connectivity index (χ0v) is 37.0. The summed E-state index contributed by atoms with van der Waals surface area (Å²) in [5, 5.41) is 0. The Kier molecular flexibility index (Phi) is 13.8. The molecule has 4 aliphatic heterocycles. The van der Waals surface area contributed by atoms with Crippen LogP contribution >= 0.6 is 0 Å². The molecule has 5 heterocycles. The molecule has 11 nitrogen and oxygen atoms in total. The monoisotopic (exact) mass is 810 g/mol. The van der Waals surface area contributed by atoms with Gasteiger partial charge in [-0.25, -0.2) is 9.59 Å². The Morgan fingerprint density at radius 3 is 1.69 bits per heavy atom. The van der Waals surface area contributed by atoms with Gasteiger partial charge >= 0.3 is 18.2 Å². The molecule has 0 radical (unpaired) electrons. The Balaban J connectivity index is 0.000000199. The number of fused-ring (bicyclic) bond motifs is 6. The van der Waals surface area contributed by atoms with E-state index in [1.54, 1.807) is 0 Å². The standard InChI is InChI=1S/C25H33N3O2.C23H34N2O4/c1-18-9-10-23-20(15-18)21-17-27(24(29)30-25(2,3)4)13-6-8-22(21)28(23)14-11-19-7-5-12-26-16-19;1-6-28-21(26)11-13-25-19-8-7-12-24(22(27)29-23(3,4)5)15-18(19)17-14-16(2)9-10-20(17)25/h5,7,9-10,12,15-16,21-22H,6,8,11,13-14,17H2,1-4H3;9-10,14,18-19H,6-8,11-13,15H2,1-5H3/t21-,22-;18-,19-/m00/s1. The summed E-state index contributed by atoms with van der Waals surface area (Å²) < 4.78 is 16.5. The molecular weight excluding hydrogens is 743 g/mol. The Labute approximate surface area is 352 Å². The number of carbonyl (C=O) groups is 3. The van der Waals surface area contributed by atoms with Gasteiger partial charge in [0.2, 0.25) is 0 Å². The SMILES string of the molecule is CCOC(=O)CCN1c2ccc(C)cc2[C@@H]2CN(C(=O)OC(C)(C)C)CCC[C@@H]21.Cc1ccc2c(c1)[C@@H]1CN(C(=O)OC(C)(C)C)CCC[C@@H]1N2CCc1cccnc1. The molecule has 4 aliphatic rings. The molecule has 2 saturated heterocycles. The Morgan fingerprint density at radius 2 is 1.24 bits per heavy atom. The van der Waals surface area contributed by atoms with Gasteiger partial charge < -0.3 is 33.8 Å². The van der Waals surface area contributed by atoms with Crippen molar-refractivity contribution in [3.63, 3.8) is 0 Å². The largest absolute Gasteiger partial charge is 0.466 e. The number of aromatic nitrogens is 1. The van der Waals surface area contributed by atoms with Crippen LogP contribution in [0.15, 0.2) is 60.9 Å². The van der Waals surface area contributed by atoms with E-state index >= 15 is 0 Å². The molecule has 59 heavy (non-hydrogen) atoms.